The summed E-state index contributed by atoms with van der Waals surface area (Å²) in [7, 11) is -2.02. The van der Waals surface area contributed by atoms with E-state index in [0.29, 0.717) is 18.7 Å². The average Bonchev–Trinajstić information content (AvgIpc) is 3.38. The number of carbonyl (C=O) groups is 2. The van der Waals surface area contributed by atoms with Crippen molar-refractivity contribution in [2.45, 2.75) is 11.4 Å². The molecule has 164 valence electrons. The Bertz CT molecular complexity index is 1170. The molecule has 0 saturated heterocycles. The van der Waals surface area contributed by atoms with Gasteiger partial charge in [-0.1, -0.05) is 0 Å². The minimum absolute atomic E-state index is 0.147. The van der Waals surface area contributed by atoms with E-state index in [2.05, 4.69) is 10.3 Å². The van der Waals surface area contributed by atoms with Crippen LogP contribution >= 0.6 is 11.3 Å². The number of nitrogens with zero attached hydrogens (tertiary/aromatic N) is 2. The monoisotopic (exact) mass is 467 g/mol. The summed E-state index contributed by atoms with van der Waals surface area (Å²) in [4.78, 5) is 22.9. The summed E-state index contributed by atoms with van der Waals surface area (Å²) < 4.78 is 40.8. The predicted molar refractivity (Wildman–Crippen MR) is 112 cm³/mol. The third-order valence-corrected chi connectivity index (χ3v) is 6.18. The summed E-state index contributed by atoms with van der Waals surface area (Å²) in [5.74, 6) is -3.22. The second-order valence-corrected chi connectivity index (χ2v) is 8.47. The fourth-order valence-electron chi connectivity index (χ4n) is 2.42. The minimum Gasteiger partial charge on any atom is -0.478 e. The lowest BCUT2D eigenvalue weighted by Gasteiger charge is -2.09. The Balaban J connectivity index is 0.000000366. The maximum atomic E-state index is 14.0. The fourth-order valence-corrected chi connectivity index (χ4v) is 4.83. The standard InChI is InChI=1S/C15H14FN3O2S2.C4H4O4/c1-17-8-11-7-14(13-3-2-5-18-15(13)16)19(9-11)23(20,21)12-4-6-22-10-12;5-3(6)1-2-4(7)8/h2-7,9-10,17H,8H2,1H3;1-2H,(H,5,6)(H,7,8). The van der Waals surface area contributed by atoms with E-state index in [0.717, 1.165) is 9.54 Å². The average molecular weight is 468 g/mol. The Morgan fingerprint density at radius 3 is 2.45 bits per heavy atom. The van der Waals surface area contributed by atoms with Gasteiger partial charge in [-0.15, -0.1) is 0 Å². The molecule has 0 radical (unpaired) electrons. The molecule has 0 atom stereocenters. The predicted octanol–water partition coefficient (Wildman–Crippen LogP) is 2.42. The molecule has 0 saturated carbocycles. The molecule has 3 rings (SSSR count). The third kappa shape index (κ3) is 6.31. The molecule has 3 aromatic heterocycles. The van der Waals surface area contributed by atoms with Crippen LogP contribution in [0.1, 0.15) is 5.56 Å². The first-order valence-corrected chi connectivity index (χ1v) is 10.9. The Labute approximate surface area is 181 Å². The molecular weight excluding hydrogens is 449 g/mol. The van der Waals surface area contributed by atoms with Gasteiger partial charge < -0.3 is 15.5 Å². The molecule has 0 spiro atoms. The van der Waals surface area contributed by atoms with Crippen molar-refractivity contribution >= 4 is 33.3 Å². The van der Waals surface area contributed by atoms with Gasteiger partial charge in [0, 0.05) is 36.5 Å². The molecule has 12 heteroatoms. The summed E-state index contributed by atoms with van der Waals surface area (Å²) in [5.41, 5.74) is 1.14. The van der Waals surface area contributed by atoms with Crippen molar-refractivity contribution in [1.29, 1.82) is 0 Å². The van der Waals surface area contributed by atoms with Gasteiger partial charge in [0.1, 0.15) is 0 Å². The van der Waals surface area contributed by atoms with Crippen LogP contribution in [0.4, 0.5) is 4.39 Å². The number of halogens is 1. The quantitative estimate of drug-likeness (QED) is 0.356. The summed E-state index contributed by atoms with van der Waals surface area (Å²) in [6.07, 6.45) is 3.95. The first-order chi connectivity index (χ1) is 14.7. The van der Waals surface area contributed by atoms with Crippen molar-refractivity contribution in [1.82, 2.24) is 14.3 Å². The lowest BCUT2D eigenvalue weighted by Crippen LogP contribution is -2.13. The van der Waals surface area contributed by atoms with Gasteiger partial charge in [-0.3, -0.25) is 0 Å². The normalized spacial score (nSPS) is 11.2. The number of rotatable bonds is 7. The number of carboxylic acids is 2. The Morgan fingerprint density at radius 1 is 1.26 bits per heavy atom. The molecule has 31 heavy (non-hydrogen) atoms. The van der Waals surface area contributed by atoms with E-state index in [9.17, 15) is 22.4 Å². The number of hydrogen-bond acceptors (Lipinski definition) is 7. The van der Waals surface area contributed by atoms with Crippen molar-refractivity contribution in [2.24, 2.45) is 0 Å². The summed E-state index contributed by atoms with van der Waals surface area (Å²) >= 11 is 1.29. The maximum Gasteiger partial charge on any atom is 0.328 e. The van der Waals surface area contributed by atoms with E-state index in [1.165, 1.54) is 35.9 Å². The largest absolute Gasteiger partial charge is 0.478 e. The number of nitrogens with one attached hydrogen (secondary N) is 1. The molecule has 0 amide bonds. The topological polar surface area (TPSA) is 139 Å². The SMILES string of the molecule is CNCc1cc(-c2cccnc2F)n(S(=O)(=O)c2ccsc2)c1.O=C(O)C=CC(=O)O. The minimum atomic E-state index is -3.78. The van der Waals surface area contributed by atoms with Crippen molar-refractivity contribution in [3.8, 4) is 11.3 Å². The van der Waals surface area contributed by atoms with Gasteiger partial charge in [0.25, 0.3) is 10.0 Å². The highest BCUT2D eigenvalue weighted by atomic mass is 32.2. The van der Waals surface area contributed by atoms with Crippen LogP contribution in [-0.4, -0.2) is 46.6 Å². The van der Waals surface area contributed by atoms with Crippen LogP contribution in [0, 0.1) is 5.95 Å². The number of pyridine rings is 1. The number of carboxylic acid groups (broad SMARTS) is 2. The Morgan fingerprint density at radius 2 is 1.94 bits per heavy atom. The molecule has 0 aromatic carbocycles. The van der Waals surface area contributed by atoms with Gasteiger partial charge in [0.05, 0.1) is 16.2 Å². The smallest absolute Gasteiger partial charge is 0.328 e. The van der Waals surface area contributed by atoms with Gasteiger partial charge in [-0.2, -0.15) is 15.7 Å². The fraction of sp³-hybridized carbons (Fsp3) is 0.105. The van der Waals surface area contributed by atoms with Gasteiger partial charge in [-0.25, -0.2) is 27.0 Å². The van der Waals surface area contributed by atoms with E-state index >= 15 is 0 Å². The van der Waals surface area contributed by atoms with Crippen molar-refractivity contribution in [2.75, 3.05) is 7.05 Å². The van der Waals surface area contributed by atoms with Crippen LogP contribution in [0.2, 0.25) is 0 Å². The summed E-state index contributed by atoms with van der Waals surface area (Å²) in [6, 6.07) is 6.27. The van der Waals surface area contributed by atoms with E-state index in [4.69, 9.17) is 10.2 Å². The zero-order valence-corrected chi connectivity index (χ0v) is 17.7. The van der Waals surface area contributed by atoms with Gasteiger partial charge >= 0.3 is 11.9 Å². The van der Waals surface area contributed by atoms with Gasteiger partial charge in [0.2, 0.25) is 5.95 Å². The zero-order chi connectivity index (χ0) is 23.0. The lowest BCUT2D eigenvalue weighted by molar-refractivity contribution is -0.134. The number of thiophene rings is 1. The Kier molecular flexibility index (Phi) is 8.19. The first kappa shape index (κ1) is 23.9. The van der Waals surface area contributed by atoms with Crippen LogP contribution in [-0.2, 0) is 26.2 Å². The molecule has 3 heterocycles. The summed E-state index contributed by atoms with van der Waals surface area (Å²) in [5, 5.41) is 21.8. The molecule has 0 aliphatic heterocycles. The molecule has 0 fully saturated rings. The van der Waals surface area contributed by atoms with E-state index in [1.807, 2.05) is 0 Å². The number of aliphatic carboxylic acids is 2. The van der Waals surface area contributed by atoms with Crippen LogP contribution < -0.4 is 5.32 Å². The van der Waals surface area contributed by atoms with Crippen molar-refractivity contribution in [3.05, 3.63) is 71.1 Å². The molecule has 0 unspecified atom stereocenters. The molecular formula is C19H18FN3O6S2. The lowest BCUT2D eigenvalue weighted by atomic mass is 10.2. The van der Waals surface area contributed by atoms with Crippen molar-refractivity contribution < 1.29 is 32.6 Å². The highest BCUT2D eigenvalue weighted by Gasteiger charge is 2.23. The molecule has 0 aliphatic rings. The maximum absolute atomic E-state index is 14.0. The van der Waals surface area contributed by atoms with E-state index < -0.39 is 27.9 Å². The summed E-state index contributed by atoms with van der Waals surface area (Å²) in [6.45, 7) is 0.473. The van der Waals surface area contributed by atoms with E-state index in [1.54, 1.807) is 29.9 Å². The van der Waals surface area contributed by atoms with Gasteiger partial charge in [-0.05, 0) is 42.3 Å². The molecule has 9 nitrogen and oxygen atoms in total. The van der Waals surface area contributed by atoms with Gasteiger partial charge in [0.15, 0.2) is 0 Å². The van der Waals surface area contributed by atoms with Crippen LogP contribution in [0.15, 0.2) is 64.5 Å². The van der Waals surface area contributed by atoms with E-state index in [-0.39, 0.29) is 16.2 Å². The first-order valence-electron chi connectivity index (χ1n) is 8.55. The highest BCUT2D eigenvalue weighted by molar-refractivity contribution is 7.90. The molecule has 0 bridgehead atoms. The third-order valence-electron chi connectivity index (χ3n) is 3.68. The second kappa shape index (κ2) is 10.6. The number of hydrogen-bond donors (Lipinski definition) is 3. The van der Waals surface area contributed by atoms with Crippen molar-refractivity contribution in [3.63, 3.8) is 0 Å². The zero-order valence-electron chi connectivity index (χ0n) is 16.1. The number of aromatic nitrogens is 2. The highest BCUT2D eigenvalue weighted by Crippen LogP contribution is 2.29. The van der Waals surface area contributed by atoms with Crippen LogP contribution in [0.5, 0.6) is 0 Å². The Hall–Kier alpha value is -3.35. The molecule has 3 aromatic rings. The second-order valence-electron chi connectivity index (χ2n) is 5.88. The molecule has 3 N–H and O–H groups in total. The van der Waals surface area contributed by atoms with Crippen LogP contribution in [0.25, 0.3) is 11.3 Å². The molecule has 0 aliphatic carbocycles. The van der Waals surface area contributed by atoms with Crippen LogP contribution in [0.3, 0.4) is 0 Å².